The fourth-order valence-electron chi connectivity index (χ4n) is 19.5. The van der Waals surface area contributed by atoms with E-state index in [9.17, 15) is 39.1 Å². The number of aliphatic hydroxyl groups excluding tert-OH is 5. The Labute approximate surface area is 846 Å². The van der Waals surface area contributed by atoms with Gasteiger partial charge in [0, 0.05) is 35.8 Å². The van der Waals surface area contributed by atoms with Crippen molar-refractivity contribution in [2.45, 2.75) is 406 Å². The van der Waals surface area contributed by atoms with E-state index in [1.54, 1.807) is 0 Å². The van der Waals surface area contributed by atoms with E-state index in [0.29, 0.717) is 74.3 Å². The number of hydrogen-bond acceptors (Lipinski definition) is 15. The predicted molar refractivity (Wildman–Crippen MR) is 567 cm³/mol. The number of carbonyl (C=O) groups is 1. The molecule has 14 rings (SSSR count). The minimum atomic E-state index is -2.49. The van der Waals surface area contributed by atoms with Crippen molar-refractivity contribution < 1.29 is 81.7 Å². The Kier molecular flexibility index (Phi) is 58.6. The zero-order valence-electron chi connectivity index (χ0n) is 86.7. The molecule has 776 valence electrons. The average molecular weight is 1990 g/mol. The second-order valence-electron chi connectivity index (χ2n) is 40.5. The van der Waals surface area contributed by atoms with E-state index < -0.39 is 18.1 Å². The first-order valence-electron chi connectivity index (χ1n) is 54.9. The van der Waals surface area contributed by atoms with Crippen LogP contribution in [-0.4, -0.2) is 116 Å². The number of esters is 1. The topological polar surface area (TPSA) is 201 Å². The van der Waals surface area contributed by atoms with Crippen molar-refractivity contribution in [1.29, 1.82) is 0 Å². The molecular weight excluding hydrogens is 1810 g/mol. The van der Waals surface area contributed by atoms with Gasteiger partial charge < -0.3 is 68.2 Å². The lowest BCUT2D eigenvalue weighted by Gasteiger charge is -2.28. The van der Waals surface area contributed by atoms with Gasteiger partial charge in [-0.2, -0.15) is 0 Å². The highest BCUT2D eigenvalue weighted by atomic mass is 79.9. The summed E-state index contributed by atoms with van der Waals surface area (Å²) in [5, 5.41) is 49.4. The van der Waals surface area contributed by atoms with Crippen LogP contribution in [0, 0.1) is 35.5 Å². The summed E-state index contributed by atoms with van der Waals surface area (Å²) in [5.41, 5.74) is 9.87. The second-order valence-corrected chi connectivity index (χ2v) is 41.4. The molecule has 7 fully saturated rings. The first kappa shape index (κ1) is 117. The zero-order valence-corrected chi connectivity index (χ0v) is 88.3. The monoisotopic (exact) mass is 1990 g/mol. The molecule has 1 saturated heterocycles. The molecule has 139 heavy (non-hydrogen) atoms. The van der Waals surface area contributed by atoms with Crippen LogP contribution < -0.4 is 33.2 Å². The highest BCUT2D eigenvalue weighted by Gasteiger charge is 2.35. The number of carbonyl (C=O) groups excluding carboxylic acids is 1. The number of ether oxygens (including phenoxy) is 9. The molecule has 0 bridgehead atoms. The molecule has 18 heteroatoms. The van der Waals surface area contributed by atoms with Crippen LogP contribution in [0.5, 0.6) is 40.2 Å². The minimum Gasteiger partial charge on any atom is -0.493 e. The van der Waals surface area contributed by atoms with E-state index in [1.807, 2.05) is 85.8 Å². The van der Waals surface area contributed by atoms with E-state index in [4.69, 9.17) is 42.6 Å². The molecule has 1 heterocycles. The molecule has 6 aliphatic carbocycles. The maximum Gasteiger partial charge on any atom is 0.337 e. The van der Waals surface area contributed by atoms with Gasteiger partial charge in [0.25, 0.3) is 0 Å². The second kappa shape index (κ2) is 69.6. The van der Waals surface area contributed by atoms with Gasteiger partial charge in [-0.1, -0.05) is 247 Å². The summed E-state index contributed by atoms with van der Waals surface area (Å²) in [6.45, 7) is 21.0. The lowest BCUT2D eigenvalue weighted by Crippen LogP contribution is -2.29. The lowest BCUT2D eigenvalue weighted by atomic mass is 9.87. The van der Waals surface area contributed by atoms with E-state index in [-0.39, 0.29) is 49.6 Å². The summed E-state index contributed by atoms with van der Waals surface area (Å²) >= 11 is 3.51. The summed E-state index contributed by atoms with van der Waals surface area (Å²) in [6.07, 6.45) is 53.2. The van der Waals surface area contributed by atoms with Crippen LogP contribution in [0.2, 0.25) is 0 Å². The molecule has 0 radical (unpaired) electrons. The van der Waals surface area contributed by atoms with Gasteiger partial charge in [0.15, 0.2) is 0 Å². The van der Waals surface area contributed by atoms with Crippen LogP contribution in [0.4, 0.5) is 8.78 Å². The Bertz CT molecular complexity index is 4280. The normalized spacial score (nSPS) is 19.4. The first-order chi connectivity index (χ1) is 67.7. The molecule has 0 aromatic heterocycles. The Morgan fingerprint density at radius 1 is 0.374 bits per heavy atom. The number of hydrogen-bond donors (Lipinski definition) is 5. The lowest BCUT2D eigenvalue weighted by molar-refractivity contribution is -0.0498. The third-order valence-electron chi connectivity index (χ3n) is 28.4. The van der Waals surface area contributed by atoms with Gasteiger partial charge in [-0.25, -0.2) is 13.6 Å². The van der Waals surface area contributed by atoms with Crippen LogP contribution >= 0.6 is 15.9 Å². The van der Waals surface area contributed by atoms with Crippen LogP contribution in [0.3, 0.4) is 0 Å². The molecule has 0 spiro atoms. The molecule has 0 amide bonds. The molecule has 7 atom stereocenters. The van der Waals surface area contributed by atoms with E-state index >= 15 is 0 Å². The molecule has 15 nitrogen and oxygen atoms in total. The molecule has 6 saturated carbocycles. The van der Waals surface area contributed by atoms with Crippen LogP contribution in [0.1, 0.15) is 398 Å². The molecule has 3 unspecified atom stereocenters. The number of benzene rings is 7. The Hall–Kier alpha value is -7.29. The van der Waals surface area contributed by atoms with E-state index in [2.05, 4.69) is 130 Å². The molecule has 7 aromatic carbocycles. The predicted octanol–water partition coefficient (Wildman–Crippen LogP) is 31.1. The van der Waals surface area contributed by atoms with Gasteiger partial charge in [0.1, 0.15) is 46.9 Å². The molecule has 7 aliphatic rings. The minimum absolute atomic E-state index is 0.0315. The first-order valence-corrected chi connectivity index (χ1v) is 55.7. The van der Waals surface area contributed by atoms with Gasteiger partial charge in [-0.15, -0.1) is 0 Å². The third-order valence-corrected chi connectivity index (χ3v) is 29.1. The number of rotatable bonds is 44. The van der Waals surface area contributed by atoms with E-state index in [0.717, 1.165) is 209 Å². The Morgan fingerprint density at radius 3 is 1.17 bits per heavy atom. The van der Waals surface area contributed by atoms with Crippen molar-refractivity contribution in [3.8, 4) is 40.2 Å². The number of aryl methyl sites for hydroxylation is 5. The third kappa shape index (κ3) is 47.9. The summed E-state index contributed by atoms with van der Waals surface area (Å²) in [7, 11) is 1.42. The fraction of sp³-hybridized carbons (Fsp3) is 0.645. The van der Waals surface area contributed by atoms with Crippen LogP contribution in [0.15, 0.2) is 156 Å². The SMILES string of the molecule is CCCC(O)c1cc(OCC2CCCCC2)ccc1Br.CCCC(O)c1cccc(OCC2CCC(F)(F)CC2)c1.CCCCc1cc(CO)cc(OCC2CCCCC2)c1.CCCCc1cc(OCC2CCCCC2)cc(C(=O)OC)c1.CCCCc1cccc(OCC2CCCCO2)c1.CCCCc1cccc(OC[C@@H]2CCCC[C@H]2O)c1.CCCCc1cccc(OC[C@H]2CCCC[C@H]2O)c1. The molecule has 1 aliphatic heterocycles. The Morgan fingerprint density at radius 2 is 0.741 bits per heavy atom. The van der Waals surface area contributed by atoms with Crippen molar-refractivity contribution >= 4 is 21.9 Å². The fourth-order valence-corrected chi connectivity index (χ4v) is 20.0. The quantitative estimate of drug-likeness (QED) is 0.0226. The van der Waals surface area contributed by atoms with Gasteiger partial charge in [-0.05, 0) is 339 Å². The van der Waals surface area contributed by atoms with Gasteiger partial charge in [0.2, 0.25) is 5.92 Å². The van der Waals surface area contributed by atoms with Crippen LogP contribution in [0.25, 0.3) is 0 Å². The Balaban J connectivity index is 0.000000199. The maximum absolute atomic E-state index is 13.1. The highest BCUT2D eigenvalue weighted by Crippen LogP contribution is 2.39. The smallest absolute Gasteiger partial charge is 0.337 e. The number of alkyl halides is 2. The van der Waals surface area contributed by atoms with Gasteiger partial charge in [-0.3, -0.25) is 0 Å². The zero-order chi connectivity index (χ0) is 99.3. The maximum atomic E-state index is 13.1. The highest BCUT2D eigenvalue weighted by molar-refractivity contribution is 9.10. The number of methoxy groups -OCH3 is 1. The van der Waals surface area contributed by atoms with Gasteiger partial charge >= 0.3 is 5.97 Å². The van der Waals surface area contributed by atoms with Crippen molar-refractivity contribution in [3.05, 3.63) is 206 Å². The molecular formula is C121H181BrF2O15. The number of halogens is 3. The van der Waals surface area contributed by atoms with Crippen molar-refractivity contribution in [1.82, 2.24) is 0 Å². The number of aliphatic hydroxyl groups is 5. The van der Waals surface area contributed by atoms with E-state index in [1.165, 1.54) is 203 Å². The largest absolute Gasteiger partial charge is 0.493 e. The average Bonchev–Trinajstić information content (AvgIpc) is 0.884. The van der Waals surface area contributed by atoms with Crippen molar-refractivity contribution in [3.63, 3.8) is 0 Å². The molecule has 7 aromatic rings. The summed E-state index contributed by atoms with van der Waals surface area (Å²) < 4.78 is 78.9. The summed E-state index contributed by atoms with van der Waals surface area (Å²) in [6, 6.07) is 50.7. The summed E-state index contributed by atoms with van der Waals surface area (Å²) in [4.78, 5) is 11.8. The standard InChI is InChI=1S/C19H28O3.C18H28O2.C17H25BrO2.C17H24F2O2.2C17H26O2.C16H24O2/c1-3-4-8-16-11-17(19(20)21-2)13-18(12-16)22-14-15-9-6-5-7-10-15;1-2-3-7-16-10-17(13-19)12-18(11-16)20-14-15-8-5-4-6-9-15;1-2-6-17(19)15-11-14(9-10-16(15)18)20-12-13-7-4-3-5-8-13;1-2-4-16(20)14-5-3-6-15(11-14)21-12-13-7-9-17(18,19)10-8-13;2*1-2-3-7-14-8-6-10-16(12-14)19-13-15-9-4-5-11-17(15)18;1-2-3-7-14-8-6-10-15(12-14)18-13-16-9-4-5-11-17-16/h11-13,15H,3-10,14H2,1-2H3;10-12,15,19H,2-9,13-14H2,1H3;9-11,13,17,19H,2-8,12H2,1H3;3,5-6,11,13,16,20H,2,4,7-10,12H2,1H3;2*6,8,10,12,15,17-18H,2-5,7,9,11,13H2,1H3;6,8,10,12,16H,2-5,7,9,11,13H2,1H3/t;;;;15-,17+;15-,17-;/m....01./s1. The number of unbranched alkanes of at least 4 members (excludes halogenated alkanes) is 5. The van der Waals surface area contributed by atoms with Crippen LogP contribution in [-0.2, 0) is 48.2 Å². The van der Waals surface area contributed by atoms with Crippen molar-refractivity contribution in [2.24, 2.45) is 35.5 Å². The summed E-state index contributed by atoms with van der Waals surface area (Å²) in [5.74, 6) is 6.36. The molecule has 5 N–H and O–H groups in total. The van der Waals surface area contributed by atoms with Gasteiger partial charge in [0.05, 0.1) is 89.4 Å². The van der Waals surface area contributed by atoms with Crippen molar-refractivity contribution in [2.75, 3.05) is 60.0 Å².